The van der Waals surface area contributed by atoms with Crippen LogP contribution in [0.3, 0.4) is 0 Å². The quantitative estimate of drug-likeness (QED) is 0.264. The smallest absolute Gasteiger partial charge is 0.0713 e. The number of benzene rings is 4. The van der Waals surface area contributed by atoms with Gasteiger partial charge in [0, 0.05) is 11.1 Å². The van der Waals surface area contributed by atoms with E-state index in [1.165, 1.54) is 33.0 Å². The summed E-state index contributed by atoms with van der Waals surface area (Å²) in [7, 11) is 0. The molecule has 3 N–H and O–H groups in total. The lowest BCUT2D eigenvalue weighted by molar-refractivity contribution is 0.981. The molecule has 0 saturated heterocycles. The maximum atomic E-state index is 5.62. The standard InChI is InChI=1S/C33H27N3/c1-2-22(17-18-34)30-15-13-25-9-12-29(21-33(25)35-30)31-16-14-24-8-11-28(20-32(24)36-31)27-10-7-23-5-3-4-6-26(23)19-27/h2-21,31,36H,34H2,1H3/b18-17-,22-2+. The summed E-state index contributed by atoms with van der Waals surface area (Å²) in [4.78, 5) is 4.92. The first kappa shape index (κ1) is 21.9. The molecule has 3 heteroatoms. The molecule has 1 unspecified atom stereocenters. The van der Waals surface area contributed by atoms with E-state index in [4.69, 9.17) is 10.7 Å². The van der Waals surface area contributed by atoms with Crippen molar-refractivity contribution < 1.29 is 0 Å². The lowest BCUT2D eigenvalue weighted by Crippen LogP contribution is -2.12. The molecule has 174 valence electrons. The number of hydrogen-bond acceptors (Lipinski definition) is 3. The number of hydrogen-bond donors (Lipinski definition) is 2. The number of anilines is 1. The average molecular weight is 466 g/mol. The Kier molecular flexibility index (Phi) is 5.59. The fourth-order valence-corrected chi connectivity index (χ4v) is 4.91. The van der Waals surface area contributed by atoms with Gasteiger partial charge in [-0.15, -0.1) is 0 Å². The van der Waals surface area contributed by atoms with Crippen LogP contribution in [0.2, 0.25) is 0 Å². The van der Waals surface area contributed by atoms with Crippen LogP contribution in [-0.2, 0) is 0 Å². The number of allylic oxidation sites excluding steroid dienone is 3. The Labute approximate surface area is 211 Å². The summed E-state index contributed by atoms with van der Waals surface area (Å²) in [5.74, 6) is 0. The third-order valence-electron chi connectivity index (χ3n) is 6.87. The summed E-state index contributed by atoms with van der Waals surface area (Å²) in [6.45, 7) is 2.00. The van der Waals surface area contributed by atoms with Crippen LogP contribution in [-0.4, -0.2) is 4.98 Å². The van der Waals surface area contributed by atoms with Crippen molar-refractivity contribution in [3.05, 3.63) is 132 Å². The van der Waals surface area contributed by atoms with E-state index in [1.807, 2.05) is 25.1 Å². The molecule has 0 amide bonds. The van der Waals surface area contributed by atoms with E-state index >= 15 is 0 Å². The first-order chi connectivity index (χ1) is 17.7. The number of nitrogens with zero attached hydrogens (tertiary/aromatic N) is 1. The normalized spacial score (nSPS) is 15.4. The molecule has 2 heterocycles. The summed E-state index contributed by atoms with van der Waals surface area (Å²) >= 11 is 0. The maximum Gasteiger partial charge on any atom is 0.0713 e. The highest BCUT2D eigenvalue weighted by Gasteiger charge is 2.16. The van der Waals surface area contributed by atoms with Crippen molar-refractivity contribution in [1.82, 2.24) is 4.98 Å². The van der Waals surface area contributed by atoms with Gasteiger partial charge in [-0.3, -0.25) is 0 Å². The van der Waals surface area contributed by atoms with E-state index in [9.17, 15) is 0 Å². The Hall–Kier alpha value is -4.63. The minimum Gasteiger partial charge on any atom is -0.405 e. The molecule has 0 fully saturated rings. The van der Waals surface area contributed by atoms with Crippen LogP contribution in [0.15, 0.2) is 115 Å². The lowest BCUT2D eigenvalue weighted by atomic mass is 9.95. The molecule has 0 spiro atoms. The van der Waals surface area contributed by atoms with Gasteiger partial charge in [0.15, 0.2) is 0 Å². The fourth-order valence-electron chi connectivity index (χ4n) is 4.91. The Balaban J connectivity index is 1.32. The van der Waals surface area contributed by atoms with Crippen LogP contribution in [0.4, 0.5) is 5.69 Å². The third-order valence-corrected chi connectivity index (χ3v) is 6.87. The van der Waals surface area contributed by atoms with E-state index in [0.717, 1.165) is 27.9 Å². The number of fused-ring (bicyclic) bond motifs is 3. The third kappa shape index (κ3) is 4.05. The number of nitrogens with one attached hydrogen (secondary N) is 1. The highest BCUT2D eigenvalue weighted by atomic mass is 14.9. The van der Waals surface area contributed by atoms with Crippen molar-refractivity contribution in [1.29, 1.82) is 0 Å². The summed E-state index contributed by atoms with van der Waals surface area (Å²) in [6.07, 6.45) is 9.89. The summed E-state index contributed by atoms with van der Waals surface area (Å²) < 4.78 is 0. The summed E-state index contributed by atoms with van der Waals surface area (Å²) in [6, 6.07) is 32.5. The van der Waals surface area contributed by atoms with E-state index in [-0.39, 0.29) is 6.04 Å². The highest BCUT2D eigenvalue weighted by molar-refractivity contribution is 5.89. The predicted octanol–water partition coefficient (Wildman–Crippen LogP) is 8.11. The zero-order chi connectivity index (χ0) is 24.5. The lowest BCUT2D eigenvalue weighted by Gasteiger charge is -2.24. The van der Waals surface area contributed by atoms with Crippen LogP contribution in [0.25, 0.3) is 44.5 Å². The number of aromatic nitrogens is 1. The largest absolute Gasteiger partial charge is 0.405 e. The summed E-state index contributed by atoms with van der Waals surface area (Å²) in [5.41, 5.74) is 14.5. The van der Waals surface area contributed by atoms with E-state index < -0.39 is 0 Å². The van der Waals surface area contributed by atoms with Gasteiger partial charge < -0.3 is 11.1 Å². The van der Waals surface area contributed by atoms with Gasteiger partial charge in [0.25, 0.3) is 0 Å². The van der Waals surface area contributed by atoms with Gasteiger partial charge in [-0.25, -0.2) is 4.98 Å². The van der Waals surface area contributed by atoms with Crippen molar-refractivity contribution in [2.45, 2.75) is 13.0 Å². The first-order valence-electron chi connectivity index (χ1n) is 12.3. The molecule has 36 heavy (non-hydrogen) atoms. The fraction of sp³-hybridized carbons (Fsp3) is 0.0606. The van der Waals surface area contributed by atoms with Crippen LogP contribution >= 0.6 is 0 Å². The second-order valence-electron chi connectivity index (χ2n) is 9.10. The molecule has 3 nitrogen and oxygen atoms in total. The Morgan fingerprint density at radius 2 is 1.61 bits per heavy atom. The van der Waals surface area contributed by atoms with Crippen LogP contribution in [0.5, 0.6) is 0 Å². The SMILES string of the molecule is C/C=C(\C=C/N)c1ccc2ccc(C3C=Cc4ccc(-c5ccc6ccccc6c5)cc4N3)cc2n1. The van der Waals surface area contributed by atoms with Crippen molar-refractivity contribution in [2.75, 3.05) is 5.32 Å². The van der Waals surface area contributed by atoms with Crippen LogP contribution < -0.4 is 11.1 Å². The monoisotopic (exact) mass is 465 g/mol. The minimum atomic E-state index is 0.0735. The van der Waals surface area contributed by atoms with Crippen LogP contribution in [0, 0.1) is 0 Å². The average Bonchev–Trinajstić information content (AvgIpc) is 2.94. The zero-order valence-electron chi connectivity index (χ0n) is 20.1. The van der Waals surface area contributed by atoms with Crippen molar-refractivity contribution in [2.24, 2.45) is 5.73 Å². The van der Waals surface area contributed by atoms with Gasteiger partial charge >= 0.3 is 0 Å². The van der Waals surface area contributed by atoms with Gasteiger partial charge in [0.2, 0.25) is 0 Å². The predicted molar refractivity (Wildman–Crippen MR) is 154 cm³/mol. The van der Waals surface area contributed by atoms with E-state index in [0.29, 0.717) is 0 Å². The highest BCUT2D eigenvalue weighted by Crippen LogP contribution is 2.35. The zero-order valence-corrected chi connectivity index (χ0v) is 20.1. The van der Waals surface area contributed by atoms with E-state index in [2.05, 4.69) is 102 Å². The number of rotatable bonds is 4. The van der Waals surface area contributed by atoms with Crippen molar-refractivity contribution >= 4 is 39.0 Å². The molecule has 0 bridgehead atoms. The molecule has 6 rings (SSSR count). The second-order valence-corrected chi connectivity index (χ2v) is 9.10. The molecule has 1 aliphatic rings. The van der Waals surface area contributed by atoms with Crippen molar-refractivity contribution in [3.63, 3.8) is 0 Å². The maximum absolute atomic E-state index is 5.62. The van der Waals surface area contributed by atoms with Gasteiger partial charge in [0.1, 0.15) is 0 Å². The molecule has 0 radical (unpaired) electrons. The number of pyridine rings is 1. The van der Waals surface area contributed by atoms with Gasteiger partial charge in [-0.05, 0) is 82.1 Å². The van der Waals surface area contributed by atoms with Gasteiger partial charge in [0.05, 0.1) is 17.3 Å². The van der Waals surface area contributed by atoms with Gasteiger partial charge in [-0.2, -0.15) is 0 Å². The topological polar surface area (TPSA) is 50.9 Å². The molecule has 1 atom stereocenters. The Bertz CT molecular complexity index is 1690. The van der Waals surface area contributed by atoms with Crippen LogP contribution in [0.1, 0.15) is 29.8 Å². The molecule has 0 aliphatic carbocycles. The summed E-state index contributed by atoms with van der Waals surface area (Å²) in [5, 5.41) is 7.37. The molecule has 1 aliphatic heterocycles. The van der Waals surface area contributed by atoms with Gasteiger partial charge in [-0.1, -0.05) is 85.0 Å². The molecule has 5 aromatic rings. The van der Waals surface area contributed by atoms with Crippen molar-refractivity contribution in [3.8, 4) is 11.1 Å². The molecule has 4 aromatic carbocycles. The molecule has 1 aromatic heterocycles. The Morgan fingerprint density at radius 3 is 2.47 bits per heavy atom. The second kappa shape index (κ2) is 9.20. The first-order valence-corrected chi connectivity index (χ1v) is 12.3. The number of nitrogens with two attached hydrogens (primary N) is 1. The molecular formula is C33H27N3. The minimum absolute atomic E-state index is 0.0735. The molecular weight excluding hydrogens is 438 g/mol. The molecule has 0 saturated carbocycles. The Morgan fingerprint density at radius 1 is 0.833 bits per heavy atom. The van der Waals surface area contributed by atoms with E-state index in [1.54, 1.807) is 6.20 Å².